The standard InChI is InChI=1S/C31H22BrCl3N2O5/c32-14-36-28(41)30(34)13-21-19(10-11-20-23(21)27(40)37(26(20)39)17-8-6-16(33)7-9-17)25(31(30,35)29(36)42)24-18-4-2-1-3-15(18)5-12-22(24)38/h1-10,12,20-21,23,25,38H,11,13-14H2/t20-,21+,23-,25+,30+,31-/m0/s1. The van der Waals surface area contributed by atoms with Crippen LogP contribution in [0.5, 0.6) is 5.75 Å². The van der Waals surface area contributed by atoms with E-state index in [0.717, 1.165) is 10.3 Å². The Kier molecular flexibility index (Phi) is 6.34. The van der Waals surface area contributed by atoms with Crippen LogP contribution in [-0.2, 0) is 19.2 Å². The summed E-state index contributed by atoms with van der Waals surface area (Å²) in [4.78, 5) is 53.9. The molecule has 0 bridgehead atoms. The highest BCUT2D eigenvalue weighted by molar-refractivity contribution is 9.09. The molecule has 0 radical (unpaired) electrons. The van der Waals surface area contributed by atoms with Gasteiger partial charge in [0.2, 0.25) is 11.8 Å². The van der Waals surface area contributed by atoms with Crippen LogP contribution < -0.4 is 4.90 Å². The third-order valence-corrected chi connectivity index (χ3v) is 11.5. The lowest BCUT2D eigenvalue weighted by molar-refractivity contribution is -0.138. The molecule has 1 saturated carbocycles. The number of rotatable bonds is 3. The fraction of sp³-hybridized carbons (Fsp3) is 0.290. The number of benzene rings is 3. The minimum absolute atomic E-state index is 0.115. The zero-order valence-electron chi connectivity index (χ0n) is 21.8. The van der Waals surface area contributed by atoms with E-state index in [1.165, 1.54) is 11.0 Å². The molecule has 0 unspecified atom stereocenters. The van der Waals surface area contributed by atoms with Crippen molar-refractivity contribution >= 4 is 90.8 Å². The Morgan fingerprint density at radius 2 is 1.62 bits per heavy atom. The molecule has 0 spiro atoms. The molecule has 0 aromatic heterocycles. The van der Waals surface area contributed by atoms with Gasteiger partial charge in [0, 0.05) is 16.5 Å². The lowest BCUT2D eigenvalue weighted by Gasteiger charge is -2.51. The smallest absolute Gasteiger partial charge is 0.254 e. The Morgan fingerprint density at radius 3 is 2.33 bits per heavy atom. The van der Waals surface area contributed by atoms with Crippen LogP contribution >= 0.6 is 50.7 Å². The Morgan fingerprint density at radius 1 is 0.905 bits per heavy atom. The van der Waals surface area contributed by atoms with Gasteiger partial charge < -0.3 is 5.11 Å². The molecule has 214 valence electrons. The van der Waals surface area contributed by atoms with Crippen molar-refractivity contribution in [1.82, 2.24) is 4.90 Å². The van der Waals surface area contributed by atoms with E-state index in [1.54, 1.807) is 36.4 Å². The number of carbonyl (C=O) groups excluding carboxylic acids is 4. The van der Waals surface area contributed by atoms with Gasteiger partial charge in [-0.1, -0.05) is 69.5 Å². The van der Waals surface area contributed by atoms with Crippen LogP contribution in [0.2, 0.25) is 5.02 Å². The maximum atomic E-state index is 14.1. The summed E-state index contributed by atoms with van der Waals surface area (Å²) in [6.07, 6.45) is 1.94. The van der Waals surface area contributed by atoms with Crippen molar-refractivity contribution in [3.8, 4) is 5.75 Å². The lowest BCUT2D eigenvalue weighted by Crippen LogP contribution is -2.60. The summed E-state index contributed by atoms with van der Waals surface area (Å²) in [6, 6.07) is 17.1. The van der Waals surface area contributed by atoms with E-state index in [9.17, 15) is 24.3 Å². The highest BCUT2D eigenvalue weighted by atomic mass is 79.9. The predicted molar refractivity (Wildman–Crippen MR) is 163 cm³/mol. The third kappa shape index (κ3) is 3.46. The van der Waals surface area contributed by atoms with Crippen molar-refractivity contribution in [2.75, 3.05) is 10.4 Å². The van der Waals surface area contributed by atoms with Gasteiger partial charge in [-0.2, -0.15) is 0 Å². The van der Waals surface area contributed by atoms with Crippen molar-refractivity contribution in [3.05, 3.63) is 82.9 Å². The number of anilines is 1. The summed E-state index contributed by atoms with van der Waals surface area (Å²) in [7, 11) is 0. The first-order valence-electron chi connectivity index (χ1n) is 13.4. The maximum absolute atomic E-state index is 14.1. The largest absolute Gasteiger partial charge is 0.508 e. The van der Waals surface area contributed by atoms with Crippen molar-refractivity contribution in [3.63, 3.8) is 0 Å². The van der Waals surface area contributed by atoms with Gasteiger partial charge in [-0.3, -0.25) is 29.0 Å². The third-order valence-electron chi connectivity index (χ3n) is 9.34. The number of alkyl halides is 3. The number of carbonyl (C=O) groups is 4. The number of amides is 4. The second-order valence-corrected chi connectivity index (χ2v) is 13.4. The summed E-state index contributed by atoms with van der Waals surface area (Å²) in [5, 5.41) is 13.2. The first kappa shape index (κ1) is 27.9. The lowest BCUT2D eigenvalue weighted by atomic mass is 9.56. The molecule has 3 aromatic rings. The van der Waals surface area contributed by atoms with Crippen molar-refractivity contribution in [2.45, 2.75) is 28.5 Å². The van der Waals surface area contributed by atoms with E-state index in [0.29, 0.717) is 27.2 Å². The fourth-order valence-corrected chi connectivity index (χ4v) is 9.04. The van der Waals surface area contributed by atoms with Crippen molar-refractivity contribution < 1.29 is 24.3 Å². The molecule has 3 fully saturated rings. The number of fused-ring (bicyclic) bond motifs is 5. The number of nitrogens with zero attached hydrogens (tertiary/aromatic N) is 2. The number of hydrogen-bond acceptors (Lipinski definition) is 5. The number of aromatic hydroxyl groups is 1. The Balaban J connectivity index is 1.45. The van der Waals surface area contributed by atoms with E-state index >= 15 is 0 Å². The van der Waals surface area contributed by atoms with Gasteiger partial charge in [-0.25, -0.2) is 0 Å². The second kappa shape index (κ2) is 9.55. The highest BCUT2D eigenvalue weighted by Gasteiger charge is 2.76. The first-order chi connectivity index (χ1) is 20.0. The van der Waals surface area contributed by atoms with Crippen LogP contribution in [0.3, 0.4) is 0 Å². The van der Waals surface area contributed by atoms with Crippen molar-refractivity contribution in [2.24, 2.45) is 17.8 Å². The monoisotopic (exact) mass is 686 g/mol. The number of phenols is 1. The minimum atomic E-state index is -2.00. The average molecular weight is 689 g/mol. The molecule has 3 aromatic carbocycles. The Bertz CT molecular complexity index is 1760. The molecular formula is C31H22BrCl3N2O5. The molecule has 4 aliphatic rings. The summed E-state index contributed by atoms with van der Waals surface area (Å²) in [5.74, 6) is -5.54. The number of phenolic OH excluding ortho intramolecular Hbond substituents is 1. The molecule has 2 aliphatic heterocycles. The second-order valence-electron chi connectivity index (χ2n) is 11.2. The van der Waals surface area contributed by atoms with Gasteiger partial charge >= 0.3 is 0 Å². The number of hydrogen-bond donors (Lipinski definition) is 1. The molecule has 7 rings (SSSR count). The molecule has 11 heteroatoms. The van der Waals surface area contributed by atoms with E-state index < -0.39 is 51.1 Å². The molecule has 1 N–H and O–H groups in total. The first-order valence-corrected chi connectivity index (χ1v) is 15.6. The zero-order valence-corrected chi connectivity index (χ0v) is 25.6. The van der Waals surface area contributed by atoms with Crippen molar-refractivity contribution in [1.29, 1.82) is 0 Å². The molecule has 2 aliphatic carbocycles. The normalized spacial score (nSPS) is 32.2. The van der Waals surface area contributed by atoms with Gasteiger partial charge in [0.05, 0.1) is 23.0 Å². The van der Waals surface area contributed by atoms with Crippen LogP contribution in [0.1, 0.15) is 24.3 Å². The van der Waals surface area contributed by atoms with Gasteiger partial charge in [-0.05, 0) is 59.9 Å². The van der Waals surface area contributed by atoms with Crippen LogP contribution in [-0.4, -0.2) is 48.8 Å². The van der Waals surface area contributed by atoms with E-state index in [4.69, 9.17) is 34.8 Å². The summed E-state index contributed by atoms with van der Waals surface area (Å²) in [5.41, 5.74) is 1.24. The Labute approximate surface area is 264 Å². The maximum Gasteiger partial charge on any atom is 0.254 e. The van der Waals surface area contributed by atoms with Crippen LogP contribution in [0, 0.1) is 17.8 Å². The highest BCUT2D eigenvalue weighted by Crippen LogP contribution is 2.66. The summed E-state index contributed by atoms with van der Waals surface area (Å²) in [6.45, 7) is 0. The van der Waals surface area contributed by atoms with Gasteiger partial charge in [0.1, 0.15) is 5.75 Å². The van der Waals surface area contributed by atoms with Gasteiger partial charge in [0.25, 0.3) is 11.8 Å². The van der Waals surface area contributed by atoms with Crippen LogP contribution in [0.15, 0.2) is 72.3 Å². The number of imide groups is 2. The topological polar surface area (TPSA) is 95.0 Å². The fourth-order valence-electron chi connectivity index (χ4n) is 7.50. The molecule has 42 heavy (non-hydrogen) atoms. The predicted octanol–water partition coefficient (Wildman–Crippen LogP) is 6.11. The molecule has 6 atom stereocenters. The molecule has 7 nitrogen and oxygen atoms in total. The number of halogens is 4. The van der Waals surface area contributed by atoms with E-state index in [2.05, 4.69) is 15.9 Å². The van der Waals surface area contributed by atoms with E-state index in [-0.39, 0.29) is 30.0 Å². The van der Waals surface area contributed by atoms with E-state index in [1.807, 2.05) is 24.3 Å². The average Bonchev–Trinajstić information content (AvgIpc) is 3.32. The minimum Gasteiger partial charge on any atom is -0.508 e. The summed E-state index contributed by atoms with van der Waals surface area (Å²) >= 11 is 23.9. The zero-order chi connectivity index (χ0) is 29.7. The molecule has 2 saturated heterocycles. The van der Waals surface area contributed by atoms with Crippen LogP contribution in [0.4, 0.5) is 5.69 Å². The quantitative estimate of drug-likeness (QED) is 0.155. The molecular weight excluding hydrogens is 667 g/mol. The van der Waals surface area contributed by atoms with Gasteiger partial charge in [0.15, 0.2) is 9.75 Å². The SMILES string of the molecule is O=C1[C@H]2[C@H](CC=C3[C@H]2C[C@@]2(Cl)C(=O)N(CBr)C(=O)[C@@]2(Cl)[C@H]3c2c(O)ccc3ccccc23)C(=O)N1c1ccc(Cl)cc1. The number of likely N-dealkylation sites (tertiary alicyclic amines) is 1. The summed E-state index contributed by atoms with van der Waals surface area (Å²) < 4.78 is 0. The Hall–Kier alpha value is -2.91. The van der Waals surface area contributed by atoms with Crippen LogP contribution in [0.25, 0.3) is 10.8 Å². The molecule has 2 heterocycles. The molecule has 4 amide bonds. The number of allylic oxidation sites excluding steroid dienone is 2. The van der Waals surface area contributed by atoms with Gasteiger partial charge in [-0.15, -0.1) is 23.2 Å².